The van der Waals surface area contributed by atoms with Crippen LogP contribution in [0.25, 0.3) is 16.9 Å². The first-order valence-corrected chi connectivity index (χ1v) is 16.6. The highest BCUT2D eigenvalue weighted by Crippen LogP contribution is 2.30. The number of imidazole rings is 1. The molecule has 1 aliphatic heterocycles. The number of fused-ring (bicyclic) bond motifs is 1. The third-order valence-corrected chi connectivity index (χ3v) is 8.50. The molecule has 3 heterocycles. The first-order chi connectivity index (χ1) is 23.2. The molecule has 1 fully saturated rings. The molecule has 9 heteroatoms. The fourth-order valence-electron chi connectivity index (χ4n) is 6.00. The predicted molar refractivity (Wildman–Crippen MR) is 185 cm³/mol. The van der Waals surface area contributed by atoms with Crippen molar-refractivity contribution in [3.05, 3.63) is 120 Å². The van der Waals surface area contributed by atoms with Crippen LogP contribution < -0.4 is 10.1 Å². The Balaban J connectivity index is 1.37. The molecule has 0 bridgehead atoms. The SMILES string of the molecule is CNCCCN(CCCN1CCOCC1)C(=O)Oc1c(Cc2ccccc2)nc2c(Cc3ccccc3)nc(-c3ccccc3)cn12. The van der Waals surface area contributed by atoms with Crippen molar-refractivity contribution in [2.24, 2.45) is 0 Å². The largest absolute Gasteiger partial charge is 0.416 e. The van der Waals surface area contributed by atoms with Gasteiger partial charge in [0, 0.05) is 57.3 Å². The highest BCUT2D eigenvalue weighted by Gasteiger charge is 2.24. The van der Waals surface area contributed by atoms with E-state index < -0.39 is 0 Å². The third-order valence-electron chi connectivity index (χ3n) is 8.50. The first kappa shape index (κ1) is 32.4. The summed E-state index contributed by atoms with van der Waals surface area (Å²) in [7, 11) is 1.93. The molecule has 9 nitrogen and oxygen atoms in total. The summed E-state index contributed by atoms with van der Waals surface area (Å²) in [5.74, 6) is 0.439. The minimum Gasteiger partial charge on any atom is -0.391 e. The van der Waals surface area contributed by atoms with Crippen LogP contribution >= 0.6 is 0 Å². The molecule has 0 atom stereocenters. The maximum Gasteiger partial charge on any atom is 0.416 e. The fourth-order valence-corrected chi connectivity index (χ4v) is 6.00. The molecule has 47 heavy (non-hydrogen) atoms. The molecule has 1 saturated heterocycles. The minimum absolute atomic E-state index is 0.359. The maximum atomic E-state index is 14.1. The number of hydrogen-bond acceptors (Lipinski definition) is 7. The van der Waals surface area contributed by atoms with Crippen LogP contribution in [-0.4, -0.2) is 89.8 Å². The van der Waals surface area contributed by atoms with Crippen LogP contribution in [0.5, 0.6) is 5.88 Å². The van der Waals surface area contributed by atoms with Crippen molar-refractivity contribution in [2.45, 2.75) is 25.7 Å². The van der Waals surface area contributed by atoms with E-state index in [1.165, 1.54) is 0 Å². The van der Waals surface area contributed by atoms with E-state index in [9.17, 15) is 4.79 Å². The predicted octanol–water partition coefficient (Wildman–Crippen LogP) is 5.71. The Morgan fingerprint density at radius 2 is 1.45 bits per heavy atom. The topological polar surface area (TPSA) is 84.2 Å². The third kappa shape index (κ3) is 8.62. The molecule has 3 aromatic carbocycles. The van der Waals surface area contributed by atoms with E-state index in [1.807, 2.05) is 89.3 Å². The Labute approximate surface area is 277 Å². The number of hydrogen-bond donors (Lipinski definition) is 1. The van der Waals surface area contributed by atoms with Gasteiger partial charge in [-0.3, -0.25) is 9.30 Å². The van der Waals surface area contributed by atoms with Crippen LogP contribution in [0, 0.1) is 0 Å². The van der Waals surface area contributed by atoms with Crippen LogP contribution in [0.3, 0.4) is 0 Å². The van der Waals surface area contributed by atoms with E-state index in [4.69, 9.17) is 19.4 Å². The lowest BCUT2D eigenvalue weighted by atomic mass is 10.1. The van der Waals surface area contributed by atoms with Gasteiger partial charge in [-0.1, -0.05) is 91.0 Å². The highest BCUT2D eigenvalue weighted by atomic mass is 16.6. The smallest absolute Gasteiger partial charge is 0.391 e. The van der Waals surface area contributed by atoms with Gasteiger partial charge in [-0.25, -0.2) is 14.8 Å². The summed E-state index contributed by atoms with van der Waals surface area (Å²) in [5, 5.41) is 3.20. The summed E-state index contributed by atoms with van der Waals surface area (Å²) < 4.78 is 13.9. The molecule has 6 rings (SSSR count). The van der Waals surface area contributed by atoms with Crippen LogP contribution in [0.1, 0.15) is 35.4 Å². The molecule has 1 amide bonds. The van der Waals surface area contributed by atoms with Crippen LogP contribution in [0.2, 0.25) is 0 Å². The van der Waals surface area contributed by atoms with Crippen LogP contribution in [0.15, 0.2) is 97.2 Å². The Morgan fingerprint density at radius 1 is 0.830 bits per heavy atom. The second-order valence-electron chi connectivity index (χ2n) is 11.9. The number of ether oxygens (including phenoxy) is 2. The number of nitrogens with zero attached hydrogens (tertiary/aromatic N) is 5. The van der Waals surface area contributed by atoms with Crippen LogP contribution in [0.4, 0.5) is 4.79 Å². The van der Waals surface area contributed by atoms with Crippen molar-refractivity contribution in [2.75, 3.05) is 59.5 Å². The Morgan fingerprint density at radius 3 is 2.11 bits per heavy atom. The molecular weight excluding hydrogens is 588 g/mol. The number of amides is 1. The molecule has 2 aromatic heterocycles. The van der Waals surface area contributed by atoms with Gasteiger partial charge < -0.3 is 19.7 Å². The number of carbonyl (C=O) groups is 1. The molecule has 1 aliphatic rings. The molecular formula is C38H44N6O3. The van der Waals surface area contributed by atoms with Crippen LogP contribution in [-0.2, 0) is 17.6 Å². The van der Waals surface area contributed by atoms with E-state index in [0.717, 1.165) is 80.3 Å². The maximum absolute atomic E-state index is 14.1. The van der Waals surface area contributed by atoms with Gasteiger partial charge in [0.2, 0.25) is 5.88 Å². The lowest BCUT2D eigenvalue weighted by molar-refractivity contribution is 0.0362. The lowest BCUT2D eigenvalue weighted by Gasteiger charge is -2.28. The fraction of sp³-hybridized carbons (Fsp3) is 0.342. The highest BCUT2D eigenvalue weighted by molar-refractivity contribution is 5.72. The monoisotopic (exact) mass is 632 g/mol. The average Bonchev–Trinajstić information content (AvgIpc) is 3.45. The number of benzene rings is 3. The van der Waals surface area contributed by atoms with Gasteiger partial charge in [0.05, 0.1) is 24.6 Å². The van der Waals surface area contributed by atoms with Crippen molar-refractivity contribution >= 4 is 11.7 Å². The van der Waals surface area contributed by atoms with Gasteiger partial charge >= 0.3 is 6.09 Å². The van der Waals surface area contributed by atoms with Gasteiger partial charge in [-0.05, 0) is 37.6 Å². The van der Waals surface area contributed by atoms with E-state index in [0.29, 0.717) is 43.2 Å². The van der Waals surface area contributed by atoms with Gasteiger partial charge in [-0.2, -0.15) is 0 Å². The van der Waals surface area contributed by atoms with E-state index in [-0.39, 0.29) is 6.09 Å². The molecule has 1 N–H and O–H groups in total. The summed E-state index contributed by atoms with van der Waals surface area (Å²) in [6, 6.07) is 30.6. The number of rotatable bonds is 14. The second kappa shape index (κ2) is 16.3. The van der Waals surface area contributed by atoms with Gasteiger partial charge in [0.25, 0.3) is 0 Å². The summed E-state index contributed by atoms with van der Waals surface area (Å²) in [6.45, 7) is 6.33. The van der Waals surface area contributed by atoms with Gasteiger partial charge in [-0.15, -0.1) is 0 Å². The first-order valence-electron chi connectivity index (χ1n) is 16.6. The Kier molecular flexibility index (Phi) is 11.2. The number of morpholine rings is 1. The summed E-state index contributed by atoms with van der Waals surface area (Å²) in [4.78, 5) is 28.5. The van der Waals surface area contributed by atoms with Crippen molar-refractivity contribution in [1.29, 1.82) is 0 Å². The summed E-state index contributed by atoms with van der Waals surface area (Å²) >= 11 is 0. The molecule has 0 saturated carbocycles. The van der Waals surface area contributed by atoms with E-state index >= 15 is 0 Å². The summed E-state index contributed by atoms with van der Waals surface area (Å²) in [5.41, 5.74) is 6.22. The molecule has 0 aliphatic carbocycles. The number of aromatic nitrogens is 3. The standard InChI is InChI=1S/C38H44N6O3/c1-39-19-11-21-43(22-12-20-42-23-25-46-26-24-42)38(45)47-37-34(28-31-15-7-3-8-16-31)41-36-33(27-30-13-5-2-6-14-30)40-35(29-44(36)37)32-17-9-4-10-18-32/h2-10,13-18,29,39H,11-12,19-28H2,1H3. The normalized spacial score (nSPS) is 13.6. The summed E-state index contributed by atoms with van der Waals surface area (Å²) in [6.07, 6.45) is 4.40. The van der Waals surface area contributed by atoms with E-state index in [2.05, 4.69) is 34.5 Å². The number of nitrogens with one attached hydrogen (secondary N) is 1. The minimum atomic E-state index is -0.359. The molecule has 244 valence electrons. The van der Waals surface area contributed by atoms with Crippen molar-refractivity contribution in [3.63, 3.8) is 0 Å². The van der Waals surface area contributed by atoms with Gasteiger partial charge in [0.15, 0.2) is 5.65 Å². The zero-order chi connectivity index (χ0) is 32.3. The van der Waals surface area contributed by atoms with Crippen molar-refractivity contribution < 1.29 is 14.3 Å². The zero-order valence-electron chi connectivity index (χ0n) is 27.2. The Hall–Kier alpha value is -4.57. The second-order valence-corrected chi connectivity index (χ2v) is 11.9. The van der Waals surface area contributed by atoms with Gasteiger partial charge in [0.1, 0.15) is 5.69 Å². The molecule has 0 unspecified atom stereocenters. The lowest BCUT2D eigenvalue weighted by Crippen LogP contribution is -2.40. The molecule has 0 radical (unpaired) electrons. The Bertz CT molecular complexity index is 1710. The quantitative estimate of drug-likeness (QED) is 0.157. The van der Waals surface area contributed by atoms with Crippen molar-refractivity contribution in [3.8, 4) is 17.1 Å². The molecule has 0 spiro atoms. The van der Waals surface area contributed by atoms with E-state index in [1.54, 1.807) is 0 Å². The van der Waals surface area contributed by atoms with Crippen molar-refractivity contribution in [1.82, 2.24) is 29.5 Å². The molecule has 5 aromatic rings. The number of carbonyl (C=O) groups excluding carboxylic acids is 1. The average molecular weight is 633 g/mol. The zero-order valence-corrected chi connectivity index (χ0v) is 27.2.